The lowest BCUT2D eigenvalue weighted by molar-refractivity contribution is -0.137. The first-order chi connectivity index (χ1) is 14.7. The number of benzene rings is 2. The predicted octanol–water partition coefficient (Wildman–Crippen LogP) is 2.25. The van der Waals surface area contributed by atoms with Crippen LogP contribution in [0.2, 0.25) is 0 Å². The van der Waals surface area contributed by atoms with Crippen molar-refractivity contribution in [2.24, 2.45) is 11.7 Å². The zero-order valence-corrected chi connectivity index (χ0v) is 16.8. The van der Waals surface area contributed by atoms with Crippen molar-refractivity contribution in [3.8, 4) is 0 Å². The molecule has 0 fully saturated rings. The summed E-state index contributed by atoms with van der Waals surface area (Å²) in [6, 6.07) is 10.9. The molecular formula is C22H22N4O5. The summed E-state index contributed by atoms with van der Waals surface area (Å²) in [7, 11) is 1.56. The van der Waals surface area contributed by atoms with Crippen LogP contribution in [0, 0.1) is 11.3 Å². The van der Waals surface area contributed by atoms with E-state index in [1.165, 1.54) is 23.1 Å². The van der Waals surface area contributed by atoms with E-state index in [-0.39, 0.29) is 42.4 Å². The number of nitrogens with zero attached hydrogens (tertiary/aromatic N) is 1. The van der Waals surface area contributed by atoms with E-state index in [2.05, 4.69) is 5.32 Å². The van der Waals surface area contributed by atoms with Gasteiger partial charge in [0.15, 0.2) is 5.78 Å². The number of nitrogen functional groups attached to an aromatic ring is 1. The van der Waals surface area contributed by atoms with Crippen LogP contribution < -0.4 is 16.0 Å². The molecule has 0 aliphatic carbocycles. The monoisotopic (exact) mass is 422 g/mol. The highest BCUT2D eigenvalue weighted by Crippen LogP contribution is 2.33. The minimum atomic E-state index is -1.03. The maximum absolute atomic E-state index is 13.0. The Balaban J connectivity index is 1.86. The molecule has 0 saturated heterocycles. The number of hydrogen-bond acceptors (Lipinski definition) is 5. The molecule has 0 aromatic heterocycles. The number of Topliss-reactive ketones (excluding diaryl/α,β-unsaturated/α-hetero) is 1. The van der Waals surface area contributed by atoms with Crippen molar-refractivity contribution >= 4 is 40.8 Å². The third-order valence-electron chi connectivity index (χ3n) is 5.21. The Morgan fingerprint density at radius 3 is 2.42 bits per heavy atom. The van der Waals surface area contributed by atoms with E-state index in [4.69, 9.17) is 16.2 Å². The fraction of sp³-hybridized carbons (Fsp3) is 0.227. The molecule has 31 heavy (non-hydrogen) atoms. The van der Waals surface area contributed by atoms with Gasteiger partial charge in [0.05, 0.1) is 5.69 Å². The van der Waals surface area contributed by atoms with Crippen LogP contribution in [0.25, 0.3) is 0 Å². The van der Waals surface area contributed by atoms with Crippen molar-refractivity contribution in [1.29, 1.82) is 5.41 Å². The number of rotatable bonds is 6. The van der Waals surface area contributed by atoms with Gasteiger partial charge in [0.2, 0.25) is 5.91 Å². The lowest BCUT2D eigenvalue weighted by atomic mass is 9.91. The van der Waals surface area contributed by atoms with Crippen molar-refractivity contribution in [2.45, 2.75) is 19.3 Å². The highest BCUT2D eigenvalue weighted by molar-refractivity contribution is 6.12. The van der Waals surface area contributed by atoms with E-state index in [1.807, 2.05) is 0 Å². The first-order valence-electron chi connectivity index (χ1n) is 9.59. The lowest BCUT2D eigenvalue weighted by Crippen LogP contribution is -2.26. The number of amides is 2. The number of carbonyl (C=O) groups excluding carboxylic acids is 3. The van der Waals surface area contributed by atoms with E-state index >= 15 is 0 Å². The van der Waals surface area contributed by atoms with Crippen LogP contribution in [0.3, 0.4) is 0 Å². The first kappa shape index (κ1) is 21.7. The normalized spacial score (nSPS) is 15.8. The molecule has 1 heterocycles. The van der Waals surface area contributed by atoms with Crippen LogP contribution in [0.4, 0.5) is 11.4 Å². The third kappa shape index (κ3) is 4.77. The number of hydrogen-bond donors (Lipinski definition) is 4. The number of nitrogens with one attached hydrogen (secondary N) is 2. The van der Waals surface area contributed by atoms with Crippen LogP contribution in [-0.4, -0.2) is 41.6 Å². The van der Waals surface area contributed by atoms with Crippen LogP contribution in [0.15, 0.2) is 42.5 Å². The molecule has 3 rings (SSSR count). The van der Waals surface area contributed by atoms with Gasteiger partial charge in [-0.1, -0.05) is 12.1 Å². The van der Waals surface area contributed by atoms with Crippen molar-refractivity contribution in [1.82, 2.24) is 0 Å². The first-order valence-corrected chi connectivity index (χ1v) is 9.59. The topological polar surface area (TPSA) is 154 Å². The Bertz CT molecular complexity index is 1080. The molecule has 0 spiro atoms. The van der Waals surface area contributed by atoms with Crippen LogP contribution in [-0.2, 0) is 9.59 Å². The number of amidine groups is 1. The third-order valence-corrected chi connectivity index (χ3v) is 5.21. The second kappa shape index (κ2) is 8.78. The number of aliphatic carboxylic acids is 1. The number of carboxylic acids is 1. The number of nitrogens with two attached hydrogens (primary N) is 1. The zero-order chi connectivity index (χ0) is 22.7. The van der Waals surface area contributed by atoms with Gasteiger partial charge < -0.3 is 21.1 Å². The molecule has 1 unspecified atom stereocenters. The Kier molecular flexibility index (Phi) is 6.15. The van der Waals surface area contributed by atoms with Gasteiger partial charge in [-0.2, -0.15) is 0 Å². The maximum atomic E-state index is 13.0. The summed E-state index contributed by atoms with van der Waals surface area (Å²) < 4.78 is 0. The number of carboxylic acid groups (broad SMARTS) is 1. The van der Waals surface area contributed by atoms with Gasteiger partial charge in [0.1, 0.15) is 5.84 Å². The summed E-state index contributed by atoms with van der Waals surface area (Å²) in [4.78, 5) is 50.3. The van der Waals surface area contributed by atoms with Gasteiger partial charge in [-0.3, -0.25) is 24.6 Å². The Morgan fingerprint density at radius 1 is 1.16 bits per heavy atom. The number of anilines is 2. The average molecular weight is 422 g/mol. The second-order valence-electron chi connectivity index (χ2n) is 7.33. The molecule has 0 radical (unpaired) electrons. The summed E-state index contributed by atoms with van der Waals surface area (Å²) in [6.07, 6.45) is -0.219. The summed E-state index contributed by atoms with van der Waals surface area (Å²) in [5.41, 5.74) is 7.29. The molecule has 0 bridgehead atoms. The molecule has 5 N–H and O–H groups in total. The van der Waals surface area contributed by atoms with Crippen molar-refractivity contribution in [3.63, 3.8) is 0 Å². The van der Waals surface area contributed by atoms with E-state index in [9.17, 15) is 19.2 Å². The summed E-state index contributed by atoms with van der Waals surface area (Å²) in [6.45, 7) is 0. The number of ketones is 1. The fourth-order valence-corrected chi connectivity index (χ4v) is 3.43. The number of carbonyl (C=O) groups is 4. The molecule has 2 aromatic carbocycles. The maximum Gasteiger partial charge on any atom is 0.303 e. The van der Waals surface area contributed by atoms with Gasteiger partial charge in [-0.25, -0.2) is 0 Å². The minimum Gasteiger partial charge on any atom is -0.481 e. The van der Waals surface area contributed by atoms with Gasteiger partial charge >= 0.3 is 5.97 Å². The molecule has 9 heteroatoms. The average Bonchev–Trinajstić information content (AvgIpc) is 2.82. The highest BCUT2D eigenvalue weighted by Gasteiger charge is 2.32. The zero-order valence-electron chi connectivity index (χ0n) is 16.8. The van der Waals surface area contributed by atoms with Gasteiger partial charge in [-0.05, 0) is 36.8 Å². The Labute approximate surface area is 178 Å². The predicted molar refractivity (Wildman–Crippen MR) is 115 cm³/mol. The van der Waals surface area contributed by atoms with E-state index in [1.54, 1.807) is 31.3 Å². The van der Waals surface area contributed by atoms with Crippen LogP contribution in [0.1, 0.15) is 45.5 Å². The van der Waals surface area contributed by atoms with Crippen molar-refractivity contribution in [2.75, 3.05) is 17.3 Å². The van der Waals surface area contributed by atoms with Crippen molar-refractivity contribution < 1.29 is 24.3 Å². The molecule has 2 aromatic rings. The van der Waals surface area contributed by atoms with Crippen molar-refractivity contribution in [3.05, 3.63) is 59.2 Å². The second-order valence-corrected chi connectivity index (χ2v) is 7.33. The summed E-state index contributed by atoms with van der Waals surface area (Å²) in [5.74, 6) is -2.89. The SMILES string of the molecule is CN1C(=O)CC(CCC(=O)O)C(=O)c2cc(NC(=O)c3ccc(C(=N)N)cc3)ccc21. The standard InChI is InChI=1S/C22H22N4O5/c1-26-17-8-7-15(25-22(31)13-4-2-12(3-5-13)21(23)24)11-16(17)20(30)14(10-18(26)27)6-9-19(28)29/h2-5,7-8,11,14H,6,9-10H2,1H3,(H3,23,24)(H,25,31)(H,28,29). The van der Waals surface area contributed by atoms with Gasteiger partial charge in [-0.15, -0.1) is 0 Å². The molecule has 0 saturated carbocycles. The molecule has 1 atom stereocenters. The van der Waals surface area contributed by atoms with E-state index in [0.29, 0.717) is 22.5 Å². The van der Waals surface area contributed by atoms with E-state index < -0.39 is 17.8 Å². The number of fused-ring (bicyclic) bond motifs is 1. The molecule has 160 valence electrons. The smallest absolute Gasteiger partial charge is 0.303 e. The molecule has 9 nitrogen and oxygen atoms in total. The fourth-order valence-electron chi connectivity index (χ4n) is 3.43. The van der Waals surface area contributed by atoms with Crippen LogP contribution >= 0.6 is 0 Å². The minimum absolute atomic E-state index is 0.0618. The van der Waals surface area contributed by atoms with Crippen LogP contribution in [0.5, 0.6) is 0 Å². The van der Waals surface area contributed by atoms with Gasteiger partial charge in [0.25, 0.3) is 5.91 Å². The quantitative estimate of drug-likeness (QED) is 0.414. The largest absolute Gasteiger partial charge is 0.481 e. The molecular weight excluding hydrogens is 400 g/mol. The molecule has 2 amide bonds. The summed E-state index contributed by atoms with van der Waals surface area (Å²) >= 11 is 0. The highest BCUT2D eigenvalue weighted by atomic mass is 16.4. The van der Waals surface area contributed by atoms with E-state index in [0.717, 1.165) is 0 Å². The summed E-state index contributed by atoms with van der Waals surface area (Å²) in [5, 5.41) is 19.1. The Morgan fingerprint density at radius 2 is 1.81 bits per heavy atom. The molecule has 1 aliphatic heterocycles. The molecule has 1 aliphatic rings. The lowest BCUT2D eigenvalue weighted by Gasteiger charge is -2.17. The Hall–Kier alpha value is -4.01. The van der Waals surface area contributed by atoms with Gasteiger partial charge in [0, 0.05) is 48.2 Å².